The van der Waals surface area contributed by atoms with Crippen LogP contribution in [0.3, 0.4) is 0 Å². The van der Waals surface area contributed by atoms with E-state index in [1.165, 1.54) is 37.7 Å². The maximum absolute atomic E-state index is 16.6. The first kappa shape index (κ1) is 47.5. The SMILES string of the molecule is C=C(N1CCC(n2c(OCC)nc3cc(-c4cccc(-c5nc6cccnc6n5C5CCN(C(=O)C6(F)CCN(CC7CCCCC7)CC6)CC5)n4)cnc32)CC1)C1(F)CCN(Cc2ccccc2)CC1. The zero-order valence-corrected chi connectivity index (χ0v) is 41.4. The van der Waals surface area contributed by atoms with Crippen LogP contribution in [-0.4, -0.2) is 136 Å². The zero-order valence-electron chi connectivity index (χ0n) is 41.4. The zero-order chi connectivity index (χ0) is 48.5. The number of carbonyl (C=O) groups is 1. The molecule has 0 bridgehead atoms. The third-order valence-electron chi connectivity index (χ3n) is 16.5. The van der Waals surface area contributed by atoms with Gasteiger partial charge in [0.05, 0.1) is 12.3 Å². The third kappa shape index (κ3) is 9.80. The van der Waals surface area contributed by atoms with Gasteiger partial charge < -0.3 is 24.0 Å². The Bertz CT molecular complexity index is 2810. The summed E-state index contributed by atoms with van der Waals surface area (Å²) in [6.45, 7) is 13.7. The number of imidazole rings is 2. The van der Waals surface area contributed by atoms with E-state index in [-0.39, 0.29) is 30.8 Å². The van der Waals surface area contributed by atoms with Crippen LogP contribution in [0.4, 0.5) is 8.78 Å². The van der Waals surface area contributed by atoms with Gasteiger partial charge in [-0.1, -0.05) is 62.2 Å². The molecule has 6 aromatic rings. The number of likely N-dealkylation sites (tertiary alicyclic amines) is 4. The molecule has 0 N–H and O–H groups in total. The maximum atomic E-state index is 16.6. The van der Waals surface area contributed by atoms with E-state index in [0.29, 0.717) is 119 Å². The van der Waals surface area contributed by atoms with Crippen molar-refractivity contribution in [1.29, 1.82) is 0 Å². The first-order valence-electron chi connectivity index (χ1n) is 26.6. The van der Waals surface area contributed by atoms with E-state index >= 15 is 8.78 Å². The fraction of sp³-hybridized carbons (Fsp3) is 0.536. The molecule has 0 radical (unpaired) electrons. The quantitative estimate of drug-likeness (QED) is 0.111. The van der Waals surface area contributed by atoms with Crippen molar-refractivity contribution in [3.05, 3.63) is 97.0 Å². The van der Waals surface area contributed by atoms with Gasteiger partial charge in [-0.2, -0.15) is 4.98 Å². The Balaban J connectivity index is 0.760. The average molecular weight is 966 g/mol. The number of rotatable bonds is 13. The molecular formula is C56H69F2N11O2. The Morgan fingerprint density at radius 1 is 0.676 bits per heavy atom. The molecule has 5 aliphatic rings. The number of aromatic nitrogens is 7. The number of alkyl halides is 2. The number of amides is 1. The molecule has 4 saturated heterocycles. The van der Waals surface area contributed by atoms with Gasteiger partial charge in [0.1, 0.15) is 16.7 Å². The molecule has 374 valence electrons. The van der Waals surface area contributed by atoms with Crippen LogP contribution >= 0.6 is 0 Å². The van der Waals surface area contributed by atoms with Crippen LogP contribution in [0.25, 0.3) is 45.1 Å². The van der Waals surface area contributed by atoms with E-state index in [4.69, 9.17) is 29.7 Å². The fourth-order valence-corrected chi connectivity index (χ4v) is 12.4. The fourth-order valence-electron chi connectivity index (χ4n) is 12.4. The van der Waals surface area contributed by atoms with E-state index in [1.54, 1.807) is 11.1 Å². The van der Waals surface area contributed by atoms with Gasteiger partial charge in [0.25, 0.3) is 11.9 Å². The molecule has 5 fully saturated rings. The monoisotopic (exact) mass is 966 g/mol. The van der Waals surface area contributed by atoms with Gasteiger partial charge in [-0.25, -0.2) is 28.7 Å². The molecule has 71 heavy (non-hydrogen) atoms. The lowest BCUT2D eigenvalue weighted by Crippen LogP contribution is -2.54. The van der Waals surface area contributed by atoms with Gasteiger partial charge in [-0.15, -0.1) is 0 Å². The number of benzene rings is 1. The molecule has 4 aliphatic heterocycles. The second kappa shape index (κ2) is 20.4. The van der Waals surface area contributed by atoms with Crippen LogP contribution in [0, 0.1) is 5.92 Å². The van der Waals surface area contributed by atoms with Crippen molar-refractivity contribution < 1.29 is 18.3 Å². The van der Waals surface area contributed by atoms with Gasteiger partial charge in [-0.05, 0) is 100 Å². The van der Waals surface area contributed by atoms with Crippen LogP contribution in [0.5, 0.6) is 6.01 Å². The van der Waals surface area contributed by atoms with Crippen molar-refractivity contribution in [1.82, 2.24) is 53.7 Å². The van der Waals surface area contributed by atoms with Gasteiger partial charge in [0, 0.05) is 114 Å². The van der Waals surface area contributed by atoms with Crippen LogP contribution < -0.4 is 4.74 Å². The van der Waals surface area contributed by atoms with Gasteiger partial charge in [0.15, 0.2) is 28.5 Å². The van der Waals surface area contributed by atoms with Crippen LogP contribution in [-0.2, 0) is 11.3 Å². The molecule has 9 heterocycles. The number of allylic oxidation sites excluding steroid dienone is 1. The minimum absolute atomic E-state index is 0.00214. The molecule has 15 heteroatoms. The molecule has 1 aromatic carbocycles. The lowest BCUT2D eigenvalue weighted by Gasteiger charge is -2.43. The highest BCUT2D eigenvalue weighted by Crippen LogP contribution is 2.41. The number of nitrogens with zero attached hydrogens (tertiary/aromatic N) is 11. The van der Waals surface area contributed by atoms with Crippen LogP contribution in [0.1, 0.15) is 108 Å². The number of ether oxygens (including phenoxy) is 1. The van der Waals surface area contributed by atoms with E-state index in [0.717, 1.165) is 54.0 Å². The number of pyridine rings is 3. The molecule has 1 saturated carbocycles. The van der Waals surface area contributed by atoms with E-state index < -0.39 is 11.3 Å². The molecule has 11 rings (SSSR count). The molecule has 0 unspecified atom stereocenters. The van der Waals surface area contributed by atoms with Crippen molar-refractivity contribution in [2.45, 2.75) is 120 Å². The summed E-state index contributed by atoms with van der Waals surface area (Å²) in [7, 11) is 0. The van der Waals surface area contributed by atoms with E-state index in [9.17, 15) is 4.79 Å². The van der Waals surface area contributed by atoms with Crippen molar-refractivity contribution >= 4 is 28.2 Å². The smallest absolute Gasteiger partial charge is 0.298 e. The number of piperidine rings is 4. The summed E-state index contributed by atoms with van der Waals surface area (Å²) in [5.41, 5.74) is 3.90. The standard InChI is InChI=1S/C56H69F2N11O2/c1-3-71-54-63-49-36-43(37-60-51(49)69(54)45-19-28-66(29-20-45)40(2)55(57)23-32-64(33-24-55)38-41-12-6-4-7-13-41)46-16-10-17-48(61-46)52-62-47-18-11-27-59-50(47)68(52)44-21-30-67(31-22-44)53(70)56(58)25-34-65(35-26-56)39-42-14-8-5-9-15-42/h4,6-7,10-13,16-18,27,36-37,42,44-45H,2-3,5,8-9,14-15,19-26,28-35,38-39H2,1H3. The summed E-state index contributed by atoms with van der Waals surface area (Å²) < 4.78 is 43.5. The second-order valence-electron chi connectivity index (χ2n) is 21.0. The Kier molecular flexibility index (Phi) is 13.6. The van der Waals surface area contributed by atoms with Crippen molar-refractivity contribution in [2.75, 3.05) is 65.5 Å². The largest absolute Gasteiger partial charge is 0.465 e. The molecular weight excluding hydrogens is 897 g/mol. The molecule has 0 spiro atoms. The Labute approximate surface area is 416 Å². The Morgan fingerprint density at radius 3 is 2.07 bits per heavy atom. The highest BCUT2D eigenvalue weighted by Gasteiger charge is 2.46. The summed E-state index contributed by atoms with van der Waals surface area (Å²) in [5, 5.41) is 0. The normalized spacial score (nSPS) is 21.0. The maximum Gasteiger partial charge on any atom is 0.298 e. The predicted octanol–water partition coefficient (Wildman–Crippen LogP) is 10.0. The molecule has 5 aromatic heterocycles. The summed E-state index contributed by atoms with van der Waals surface area (Å²) in [6, 6.07) is 22.8. The van der Waals surface area contributed by atoms with Crippen molar-refractivity contribution in [2.24, 2.45) is 5.92 Å². The van der Waals surface area contributed by atoms with Crippen LogP contribution in [0.2, 0.25) is 0 Å². The Hall–Kier alpha value is -5.80. The van der Waals surface area contributed by atoms with E-state index in [2.05, 4.69) is 54.7 Å². The lowest BCUT2D eigenvalue weighted by atomic mass is 9.86. The highest BCUT2D eigenvalue weighted by molar-refractivity contribution is 5.85. The minimum atomic E-state index is -1.80. The average Bonchev–Trinajstić information content (AvgIpc) is 3.99. The number of hydrogen-bond acceptors (Lipinski definition) is 10. The summed E-state index contributed by atoms with van der Waals surface area (Å²) >= 11 is 0. The summed E-state index contributed by atoms with van der Waals surface area (Å²) in [4.78, 5) is 47.6. The van der Waals surface area contributed by atoms with E-state index in [1.807, 2.05) is 55.6 Å². The molecule has 1 amide bonds. The van der Waals surface area contributed by atoms with Crippen molar-refractivity contribution in [3.8, 4) is 28.8 Å². The number of hydrogen-bond donors (Lipinski definition) is 0. The first-order chi connectivity index (χ1) is 34.6. The predicted molar refractivity (Wildman–Crippen MR) is 273 cm³/mol. The van der Waals surface area contributed by atoms with Gasteiger partial charge in [-0.3, -0.25) is 14.3 Å². The summed E-state index contributed by atoms with van der Waals surface area (Å²) in [5.74, 6) is 1.07. The topological polar surface area (TPSA) is 114 Å². The molecule has 0 atom stereocenters. The number of halogens is 2. The molecule has 13 nitrogen and oxygen atoms in total. The first-order valence-corrected chi connectivity index (χ1v) is 26.6. The lowest BCUT2D eigenvalue weighted by molar-refractivity contribution is -0.149. The third-order valence-corrected chi connectivity index (χ3v) is 16.5. The summed E-state index contributed by atoms with van der Waals surface area (Å²) in [6.07, 6.45) is 14.5. The minimum Gasteiger partial charge on any atom is -0.465 e. The second-order valence-corrected chi connectivity index (χ2v) is 21.0. The molecule has 1 aliphatic carbocycles. The van der Waals surface area contributed by atoms with Gasteiger partial charge >= 0.3 is 0 Å². The number of fused-ring (bicyclic) bond motifs is 2. The Morgan fingerprint density at radius 2 is 1.34 bits per heavy atom. The highest BCUT2D eigenvalue weighted by atomic mass is 19.1. The number of carbonyl (C=O) groups excluding carboxylic acids is 1. The van der Waals surface area contributed by atoms with Gasteiger partial charge in [0.2, 0.25) is 0 Å². The van der Waals surface area contributed by atoms with Crippen LogP contribution in [0.15, 0.2) is 91.4 Å². The van der Waals surface area contributed by atoms with Crippen molar-refractivity contribution in [3.63, 3.8) is 0 Å².